The molecule has 0 aromatic heterocycles. The molecule has 0 aromatic rings. The third kappa shape index (κ3) is 5.70. The van der Waals surface area contributed by atoms with Crippen LogP contribution in [0.5, 0.6) is 0 Å². The Morgan fingerprint density at radius 3 is 1.80 bits per heavy atom. The van der Waals surface area contributed by atoms with Crippen LogP contribution in [0, 0.1) is 0 Å². The fraction of sp³-hybridized carbons (Fsp3) is 1.00. The second kappa shape index (κ2) is 9.50. The first-order chi connectivity index (χ1) is 9.29. The molecular weight excluding hydrogens is 304 g/mol. The van der Waals surface area contributed by atoms with E-state index in [1.54, 1.807) is 21.3 Å². The van der Waals surface area contributed by atoms with Gasteiger partial charge in [0.1, 0.15) is 0 Å². The molecule has 0 aliphatic carbocycles. The van der Waals surface area contributed by atoms with Gasteiger partial charge in [-0.1, -0.05) is 26.2 Å². The lowest BCUT2D eigenvalue weighted by Crippen LogP contribution is -2.58. The molecule has 0 bridgehead atoms. The van der Waals surface area contributed by atoms with Gasteiger partial charge in [0.25, 0.3) is 0 Å². The van der Waals surface area contributed by atoms with Gasteiger partial charge in [0.05, 0.1) is 0 Å². The molecule has 0 saturated heterocycles. The third-order valence-electron chi connectivity index (χ3n) is 3.76. The van der Waals surface area contributed by atoms with Gasteiger partial charge >= 0.3 is 8.80 Å². The quantitative estimate of drug-likeness (QED) is 0.426. The minimum atomic E-state index is -2.64. The van der Waals surface area contributed by atoms with Crippen LogP contribution in [0.25, 0.3) is 0 Å². The normalized spacial score (nSPS) is 14.8. The number of hydrogen-bond acceptors (Lipinski definition) is 4. The predicted octanol–water partition coefficient (Wildman–Crippen LogP) is 3.56. The van der Waals surface area contributed by atoms with Crippen LogP contribution in [-0.2, 0) is 17.4 Å². The molecule has 0 amide bonds. The zero-order chi connectivity index (χ0) is 15.8. The average molecular weight is 339 g/mol. The van der Waals surface area contributed by atoms with Gasteiger partial charge in [-0.2, -0.15) is 0 Å². The summed E-state index contributed by atoms with van der Waals surface area (Å²) in [5, 5.41) is 0.302. The smallest absolute Gasteiger partial charge is 0.458 e. The Labute approximate surface area is 129 Å². The Morgan fingerprint density at radius 2 is 1.45 bits per heavy atom. The highest BCUT2D eigenvalue weighted by molar-refractivity contribution is 6.90. The minimum absolute atomic E-state index is 0.302. The monoisotopic (exact) mass is 338 g/mol. The minimum Gasteiger partial charge on any atom is -0.458 e. The lowest BCUT2D eigenvalue weighted by Gasteiger charge is -2.41. The Balaban J connectivity index is 5.23. The van der Waals surface area contributed by atoms with Crippen LogP contribution < -0.4 is 0 Å². The molecule has 0 spiro atoms. The van der Waals surface area contributed by atoms with Crippen molar-refractivity contribution < 1.29 is 17.4 Å². The molecule has 4 nitrogen and oxygen atoms in total. The molecule has 0 aliphatic heterocycles. The molecule has 0 heterocycles. The van der Waals surface area contributed by atoms with Crippen molar-refractivity contribution in [2.45, 2.75) is 64.0 Å². The molecule has 1 unspecified atom stereocenters. The number of rotatable bonds is 11. The highest BCUT2D eigenvalue weighted by atomic mass is 28.5. The maximum Gasteiger partial charge on any atom is 0.502 e. The van der Waals surface area contributed by atoms with E-state index in [9.17, 15) is 0 Å². The van der Waals surface area contributed by atoms with Crippen molar-refractivity contribution in [3.8, 4) is 0 Å². The van der Waals surface area contributed by atoms with Crippen molar-refractivity contribution in [1.82, 2.24) is 0 Å². The molecule has 1 atom stereocenters. The highest BCUT2D eigenvalue weighted by Gasteiger charge is 2.55. The van der Waals surface area contributed by atoms with Crippen LogP contribution >= 0.6 is 0 Å². The second-order valence-corrected chi connectivity index (χ2v) is 16.7. The maximum atomic E-state index is 6.41. The summed E-state index contributed by atoms with van der Waals surface area (Å²) in [5.74, 6) is 0. The summed E-state index contributed by atoms with van der Waals surface area (Å²) < 4.78 is 23.7. The summed E-state index contributed by atoms with van der Waals surface area (Å²) in [5.41, 5.74) is 0. The van der Waals surface area contributed by atoms with Crippen molar-refractivity contribution in [3.63, 3.8) is 0 Å². The van der Waals surface area contributed by atoms with Gasteiger partial charge in [-0.15, -0.1) is 0 Å². The van der Waals surface area contributed by atoms with Crippen molar-refractivity contribution in [2.75, 3.05) is 21.3 Å². The summed E-state index contributed by atoms with van der Waals surface area (Å²) in [7, 11) is -0.481. The fourth-order valence-corrected chi connectivity index (χ4v) is 16.3. The molecule has 0 rings (SSSR count). The molecule has 20 heavy (non-hydrogen) atoms. The van der Waals surface area contributed by atoms with Crippen molar-refractivity contribution in [1.29, 1.82) is 0 Å². The summed E-state index contributed by atoms with van der Waals surface area (Å²) in [6.45, 7) is 11.3. The molecular formula is C13H34O4Si3. The zero-order valence-electron chi connectivity index (χ0n) is 14.6. The maximum absolute atomic E-state index is 6.41. The van der Waals surface area contributed by atoms with E-state index < -0.39 is 26.2 Å². The van der Waals surface area contributed by atoms with Crippen LogP contribution in [-0.4, -0.2) is 47.5 Å². The van der Waals surface area contributed by atoms with Gasteiger partial charge in [-0.3, -0.25) is 0 Å². The van der Waals surface area contributed by atoms with Crippen LogP contribution in [0.2, 0.25) is 31.4 Å². The molecule has 122 valence electrons. The zero-order valence-corrected chi connectivity index (χ0v) is 17.8. The van der Waals surface area contributed by atoms with E-state index in [0.29, 0.717) is 5.16 Å². The lowest BCUT2D eigenvalue weighted by atomic mass is 10.2. The standard InChI is InChI=1S/C13H34O4Si3/c1-9-10-11-12-13(19(7,8)17-18(5)6)20(14-2,15-3)16-4/h13,18H,9-12H2,1-8H3. The third-order valence-corrected chi connectivity index (χ3v) is 16.0. The van der Waals surface area contributed by atoms with Crippen LogP contribution in [0.3, 0.4) is 0 Å². The molecule has 0 fully saturated rings. The first kappa shape index (κ1) is 20.5. The van der Waals surface area contributed by atoms with E-state index in [4.69, 9.17) is 17.4 Å². The Kier molecular flexibility index (Phi) is 9.73. The summed E-state index contributed by atoms with van der Waals surface area (Å²) in [4.78, 5) is 0. The van der Waals surface area contributed by atoms with Gasteiger partial charge in [0.2, 0.25) is 0 Å². The summed E-state index contributed by atoms with van der Waals surface area (Å²) in [6.07, 6.45) is 4.72. The van der Waals surface area contributed by atoms with Gasteiger partial charge in [-0.05, 0) is 32.6 Å². The number of unbranched alkanes of at least 4 members (excludes halogenated alkanes) is 2. The van der Waals surface area contributed by atoms with Crippen molar-refractivity contribution in [2.24, 2.45) is 0 Å². The molecule has 0 radical (unpaired) electrons. The van der Waals surface area contributed by atoms with E-state index in [1.807, 2.05) is 0 Å². The Hall–Kier alpha value is 0.491. The molecule has 0 aliphatic rings. The van der Waals surface area contributed by atoms with E-state index in [-0.39, 0.29) is 0 Å². The molecule has 0 N–H and O–H groups in total. The van der Waals surface area contributed by atoms with E-state index in [1.165, 1.54) is 19.3 Å². The Morgan fingerprint density at radius 1 is 0.950 bits per heavy atom. The summed E-state index contributed by atoms with van der Waals surface area (Å²) in [6, 6.07) is 0. The van der Waals surface area contributed by atoms with E-state index >= 15 is 0 Å². The first-order valence-corrected chi connectivity index (χ1v) is 15.2. The molecule has 7 heteroatoms. The van der Waals surface area contributed by atoms with Crippen LogP contribution in [0.4, 0.5) is 0 Å². The highest BCUT2D eigenvalue weighted by Crippen LogP contribution is 2.38. The largest absolute Gasteiger partial charge is 0.502 e. The Bertz CT molecular complexity index is 250. The van der Waals surface area contributed by atoms with Crippen molar-refractivity contribution >= 4 is 26.2 Å². The van der Waals surface area contributed by atoms with E-state index in [2.05, 4.69) is 33.1 Å². The van der Waals surface area contributed by atoms with E-state index in [0.717, 1.165) is 6.42 Å². The molecule has 0 saturated carbocycles. The van der Waals surface area contributed by atoms with Crippen molar-refractivity contribution in [3.05, 3.63) is 0 Å². The lowest BCUT2D eigenvalue weighted by molar-refractivity contribution is 0.116. The first-order valence-electron chi connectivity index (χ1n) is 7.62. The summed E-state index contributed by atoms with van der Waals surface area (Å²) >= 11 is 0. The van der Waals surface area contributed by atoms with Gasteiger partial charge < -0.3 is 17.4 Å². The number of hydrogen-bond donors (Lipinski definition) is 0. The SMILES string of the molecule is CCCCCC([Si](C)(C)O[SiH](C)C)[Si](OC)(OC)OC. The predicted molar refractivity (Wildman–Crippen MR) is 92.1 cm³/mol. The van der Waals surface area contributed by atoms with Gasteiger partial charge in [0.15, 0.2) is 17.4 Å². The van der Waals surface area contributed by atoms with Crippen LogP contribution in [0.1, 0.15) is 32.6 Å². The van der Waals surface area contributed by atoms with Crippen LogP contribution in [0.15, 0.2) is 0 Å². The molecule has 0 aromatic carbocycles. The van der Waals surface area contributed by atoms with Gasteiger partial charge in [-0.25, -0.2) is 0 Å². The average Bonchev–Trinajstić information content (AvgIpc) is 2.37. The fourth-order valence-electron chi connectivity index (χ4n) is 2.91. The second-order valence-electron chi connectivity index (χ2n) is 6.03. The topological polar surface area (TPSA) is 36.9 Å². The van der Waals surface area contributed by atoms with Gasteiger partial charge in [0, 0.05) is 26.5 Å².